The van der Waals surface area contributed by atoms with E-state index >= 15 is 0 Å². The lowest BCUT2D eigenvalue weighted by atomic mass is 9.99. The van der Waals surface area contributed by atoms with E-state index in [-0.39, 0.29) is 18.3 Å². The van der Waals surface area contributed by atoms with Crippen LogP contribution in [0.4, 0.5) is 0 Å². The maximum atomic E-state index is 10.7. The van der Waals surface area contributed by atoms with Gasteiger partial charge in [0, 0.05) is 18.4 Å². The maximum Gasteiger partial charge on any atom is 0.308 e. The molecule has 0 amide bonds. The molecule has 2 heterocycles. The van der Waals surface area contributed by atoms with Gasteiger partial charge in [-0.05, 0) is 12.8 Å². The standard InChI is InChI=1S/C8H10N2O2.ClH/c11-8(12)6-1-2-7-3-9-5-10(7)4-6;/h3,5-6H,1-2,4H2,(H,11,12);1H. The minimum absolute atomic E-state index is 0. The second-order valence-electron chi connectivity index (χ2n) is 3.11. The van der Waals surface area contributed by atoms with Crippen LogP contribution >= 0.6 is 12.4 Å². The van der Waals surface area contributed by atoms with Crippen LogP contribution in [0.1, 0.15) is 12.1 Å². The molecular formula is C8H11ClN2O2. The molecule has 1 N–H and O–H groups in total. The predicted molar refractivity (Wildman–Crippen MR) is 48.9 cm³/mol. The van der Waals surface area contributed by atoms with Crippen molar-refractivity contribution in [3.05, 3.63) is 18.2 Å². The normalized spacial score (nSPS) is 20.2. The number of aryl methyl sites for hydroxylation is 1. The Morgan fingerprint density at radius 2 is 2.46 bits per heavy atom. The number of rotatable bonds is 1. The fourth-order valence-corrected chi connectivity index (χ4v) is 1.57. The van der Waals surface area contributed by atoms with E-state index in [0.717, 1.165) is 18.5 Å². The molecule has 0 saturated heterocycles. The summed E-state index contributed by atoms with van der Waals surface area (Å²) in [6, 6.07) is 0. The van der Waals surface area contributed by atoms with Crippen molar-refractivity contribution in [3.8, 4) is 0 Å². The highest BCUT2D eigenvalue weighted by molar-refractivity contribution is 5.85. The summed E-state index contributed by atoms with van der Waals surface area (Å²) < 4.78 is 1.92. The largest absolute Gasteiger partial charge is 0.481 e. The molecule has 2 rings (SSSR count). The van der Waals surface area contributed by atoms with Crippen LogP contribution in [-0.4, -0.2) is 20.6 Å². The molecule has 13 heavy (non-hydrogen) atoms. The third kappa shape index (κ3) is 1.83. The Balaban J connectivity index is 0.000000845. The van der Waals surface area contributed by atoms with Crippen molar-refractivity contribution in [1.29, 1.82) is 0 Å². The van der Waals surface area contributed by atoms with E-state index < -0.39 is 5.97 Å². The Labute approximate surface area is 82.0 Å². The first-order valence-electron chi connectivity index (χ1n) is 3.99. The van der Waals surface area contributed by atoms with Crippen molar-refractivity contribution in [2.24, 2.45) is 5.92 Å². The maximum absolute atomic E-state index is 10.7. The third-order valence-corrected chi connectivity index (χ3v) is 2.31. The van der Waals surface area contributed by atoms with E-state index in [1.165, 1.54) is 0 Å². The zero-order valence-electron chi connectivity index (χ0n) is 7.01. The summed E-state index contributed by atoms with van der Waals surface area (Å²) in [5.74, 6) is -0.930. The number of fused-ring (bicyclic) bond motifs is 1. The molecule has 5 heteroatoms. The molecule has 1 aromatic rings. The molecule has 0 aromatic carbocycles. The molecule has 1 aromatic heterocycles. The number of aromatic nitrogens is 2. The lowest BCUT2D eigenvalue weighted by Crippen LogP contribution is -2.25. The van der Waals surface area contributed by atoms with Gasteiger partial charge in [-0.2, -0.15) is 0 Å². The fraction of sp³-hybridized carbons (Fsp3) is 0.500. The number of hydrogen-bond acceptors (Lipinski definition) is 2. The van der Waals surface area contributed by atoms with Gasteiger partial charge in [0.05, 0.1) is 12.2 Å². The molecule has 0 spiro atoms. The van der Waals surface area contributed by atoms with E-state index in [0.29, 0.717) is 6.54 Å². The lowest BCUT2D eigenvalue weighted by molar-refractivity contribution is -0.142. The van der Waals surface area contributed by atoms with Crippen molar-refractivity contribution >= 4 is 18.4 Å². The van der Waals surface area contributed by atoms with Gasteiger partial charge >= 0.3 is 5.97 Å². The van der Waals surface area contributed by atoms with Crippen LogP contribution in [0, 0.1) is 5.92 Å². The van der Waals surface area contributed by atoms with Gasteiger partial charge in [0.2, 0.25) is 0 Å². The zero-order chi connectivity index (χ0) is 8.55. The van der Waals surface area contributed by atoms with Crippen LogP contribution in [0.5, 0.6) is 0 Å². The highest BCUT2D eigenvalue weighted by Gasteiger charge is 2.23. The third-order valence-electron chi connectivity index (χ3n) is 2.31. The van der Waals surface area contributed by atoms with Gasteiger partial charge in [-0.15, -0.1) is 12.4 Å². The first kappa shape index (κ1) is 10.1. The van der Waals surface area contributed by atoms with E-state index in [1.807, 2.05) is 4.57 Å². The summed E-state index contributed by atoms with van der Waals surface area (Å²) in [6.45, 7) is 0.574. The topological polar surface area (TPSA) is 55.1 Å². The van der Waals surface area contributed by atoms with Gasteiger partial charge in [-0.1, -0.05) is 0 Å². The highest BCUT2D eigenvalue weighted by atomic mass is 35.5. The fourth-order valence-electron chi connectivity index (χ4n) is 1.57. The number of carbonyl (C=O) groups is 1. The summed E-state index contributed by atoms with van der Waals surface area (Å²) in [5.41, 5.74) is 1.15. The number of aliphatic carboxylic acids is 1. The Morgan fingerprint density at radius 1 is 1.69 bits per heavy atom. The summed E-state index contributed by atoms with van der Waals surface area (Å²) >= 11 is 0. The van der Waals surface area contributed by atoms with Gasteiger partial charge in [-0.3, -0.25) is 4.79 Å². The first-order valence-corrected chi connectivity index (χ1v) is 3.99. The zero-order valence-corrected chi connectivity index (χ0v) is 7.83. The second kappa shape index (κ2) is 3.79. The number of carboxylic acid groups (broad SMARTS) is 1. The molecule has 4 nitrogen and oxygen atoms in total. The number of carboxylic acids is 1. The minimum atomic E-state index is -0.700. The molecule has 0 fully saturated rings. The van der Waals surface area contributed by atoms with Crippen LogP contribution in [0.3, 0.4) is 0 Å². The number of halogens is 1. The van der Waals surface area contributed by atoms with Gasteiger partial charge in [0.1, 0.15) is 0 Å². The molecule has 0 bridgehead atoms. The Kier molecular flexibility index (Phi) is 2.93. The molecule has 0 aliphatic carbocycles. The molecule has 1 aliphatic heterocycles. The Bertz CT molecular complexity index is 311. The quantitative estimate of drug-likeness (QED) is 0.738. The first-order chi connectivity index (χ1) is 5.77. The number of hydrogen-bond donors (Lipinski definition) is 1. The van der Waals surface area contributed by atoms with E-state index in [2.05, 4.69) is 4.98 Å². The van der Waals surface area contributed by atoms with Gasteiger partial charge in [0.15, 0.2) is 0 Å². The van der Waals surface area contributed by atoms with Crippen LogP contribution in [0.2, 0.25) is 0 Å². The van der Waals surface area contributed by atoms with Crippen molar-refractivity contribution in [2.45, 2.75) is 19.4 Å². The Morgan fingerprint density at radius 3 is 3.15 bits per heavy atom. The number of nitrogens with zero attached hydrogens (tertiary/aromatic N) is 2. The molecule has 0 saturated carbocycles. The predicted octanol–water partition coefficient (Wildman–Crippen LogP) is 0.952. The minimum Gasteiger partial charge on any atom is -0.481 e. The van der Waals surface area contributed by atoms with Crippen LogP contribution in [0.15, 0.2) is 12.5 Å². The lowest BCUT2D eigenvalue weighted by Gasteiger charge is -2.20. The van der Waals surface area contributed by atoms with Crippen LogP contribution in [0.25, 0.3) is 0 Å². The number of imidazole rings is 1. The summed E-state index contributed by atoms with van der Waals surface area (Å²) in [5, 5.41) is 8.77. The molecule has 1 unspecified atom stereocenters. The molecule has 72 valence electrons. The van der Waals surface area contributed by atoms with Gasteiger partial charge < -0.3 is 9.67 Å². The van der Waals surface area contributed by atoms with Gasteiger partial charge in [0.25, 0.3) is 0 Å². The van der Waals surface area contributed by atoms with Gasteiger partial charge in [-0.25, -0.2) is 4.98 Å². The monoisotopic (exact) mass is 202 g/mol. The molecule has 1 aliphatic rings. The summed E-state index contributed by atoms with van der Waals surface area (Å²) in [6.07, 6.45) is 5.07. The van der Waals surface area contributed by atoms with Crippen LogP contribution < -0.4 is 0 Å². The van der Waals surface area contributed by atoms with Crippen molar-refractivity contribution in [1.82, 2.24) is 9.55 Å². The molecule has 1 atom stereocenters. The summed E-state index contributed by atoms with van der Waals surface area (Å²) in [7, 11) is 0. The van der Waals surface area contributed by atoms with E-state index in [1.54, 1.807) is 12.5 Å². The average molecular weight is 203 g/mol. The van der Waals surface area contributed by atoms with Crippen molar-refractivity contribution in [3.63, 3.8) is 0 Å². The average Bonchev–Trinajstić information content (AvgIpc) is 2.49. The van der Waals surface area contributed by atoms with E-state index in [4.69, 9.17) is 5.11 Å². The summed E-state index contributed by atoms with van der Waals surface area (Å²) in [4.78, 5) is 14.6. The highest BCUT2D eigenvalue weighted by Crippen LogP contribution is 2.19. The Hall–Kier alpha value is -1.03. The SMILES string of the molecule is Cl.O=C(O)C1CCc2cncn2C1. The van der Waals surface area contributed by atoms with Crippen molar-refractivity contribution in [2.75, 3.05) is 0 Å². The van der Waals surface area contributed by atoms with Crippen LogP contribution in [-0.2, 0) is 17.8 Å². The molecule has 0 radical (unpaired) electrons. The molecular weight excluding hydrogens is 192 g/mol. The smallest absolute Gasteiger partial charge is 0.308 e. The second-order valence-corrected chi connectivity index (χ2v) is 3.11. The van der Waals surface area contributed by atoms with E-state index in [9.17, 15) is 4.79 Å². The van der Waals surface area contributed by atoms with Crippen molar-refractivity contribution < 1.29 is 9.90 Å².